The van der Waals surface area contributed by atoms with Gasteiger partial charge in [-0.25, -0.2) is 13.8 Å². The molecule has 1 unspecified atom stereocenters. The van der Waals surface area contributed by atoms with Gasteiger partial charge in [-0.1, -0.05) is 0 Å². The Balaban J connectivity index is 0.00000272. The molecule has 1 aliphatic carbocycles. The quantitative estimate of drug-likeness (QED) is 0.317. The summed E-state index contributed by atoms with van der Waals surface area (Å²) < 4.78 is 32.9. The summed E-state index contributed by atoms with van der Waals surface area (Å²) in [6.07, 6.45) is 5.08. The molecule has 9 heteroatoms. The first-order chi connectivity index (χ1) is 14.6. The van der Waals surface area contributed by atoms with Crippen LogP contribution < -0.4 is 20.3 Å². The van der Waals surface area contributed by atoms with Crippen LogP contribution in [0.3, 0.4) is 0 Å². The third-order valence-corrected chi connectivity index (χ3v) is 5.43. The van der Waals surface area contributed by atoms with Crippen molar-refractivity contribution in [3.8, 4) is 5.88 Å². The molecule has 6 nitrogen and oxygen atoms in total. The first kappa shape index (κ1) is 23.5. The maximum atomic E-state index is 14.0. The predicted molar refractivity (Wildman–Crippen MR) is 128 cm³/mol. The highest BCUT2D eigenvalue weighted by atomic mass is 127. The predicted octanol–water partition coefficient (Wildman–Crippen LogP) is 3.71. The number of aromatic nitrogens is 1. The minimum atomic E-state index is -0.563. The second-order valence-electron chi connectivity index (χ2n) is 7.85. The zero-order valence-electron chi connectivity index (χ0n) is 17.5. The van der Waals surface area contributed by atoms with Crippen molar-refractivity contribution >= 4 is 35.6 Å². The zero-order valence-corrected chi connectivity index (χ0v) is 19.8. The maximum Gasteiger partial charge on any atom is 0.213 e. The number of hydrogen-bond acceptors (Lipinski definition) is 4. The second-order valence-corrected chi connectivity index (χ2v) is 7.85. The van der Waals surface area contributed by atoms with E-state index < -0.39 is 11.6 Å². The molecule has 0 bridgehead atoms. The number of ether oxygens (including phenoxy) is 1. The Hall–Kier alpha value is -2.17. The summed E-state index contributed by atoms with van der Waals surface area (Å²) in [4.78, 5) is 10.5. The molecule has 1 saturated carbocycles. The van der Waals surface area contributed by atoms with Crippen molar-refractivity contribution < 1.29 is 13.5 Å². The van der Waals surface area contributed by atoms with E-state index in [-0.39, 0.29) is 30.0 Å². The monoisotopic (exact) mass is 543 g/mol. The standard InChI is InChI=1S/C22H27F2N5O.HI/c1-25-22(27-12-16-6-8-26-21(10-16)30-14-15-2-3-15)28-18-7-9-29(13-18)20-5-4-17(23)11-19(20)24;/h4-6,8,10-11,15,18H,2-3,7,9,12-14H2,1H3,(H2,25,27,28);1H. The van der Waals surface area contributed by atoms with Gasteiger partial charge in [0.15, 0.2) is 5.96 Å². The molecule has 1 aromatic carbocycles. The molecule has 0 radical (unpaired) electrons. The molecule has 1 aromatic heterocycles. The number of aliphatic imine (C=N–C) groups is 1. The van der Waals surface area contributed by atoms with Crippen molar-refractivity contribution in [1.29, 1.82) is 0 Å². The highest BCUT2D eigenvalue weighted by molar-refractivity contribution is 14.0. The number of rotatable bonds is 7. The van der Waals surface area contributed by atoms with Gasteiger partial charge in [0.2, 0.25) is 5.88 Å². The van der Waals surface area contributed by atoms with E-state index in [1.807, 2.05) is 17.0 Å². The summed E-state index contributed by atoms with van der Waals surface area (Å²) >= 11 is 0. The lowest BCUT2D eigenvalue weighted by molar-refractivity contribution is 0.288. The van der Waals surface area contributed by atoms with E-state index in [1.54, 1.807) is 13.2 Å². The van der Waals surface area contributed by atoms with Crippen molar-refractivity contribution in [2.75, 3.05) is 31.6 Å². The number of anilines is 1. The molecule has 0 spiro atoms. The molecule has 31 heavy (non-hydrogen) atoms. The molecule has 2 N–H and O–H groups in total. The molecule has 2 fully saturated rings. The van der Waals surface area contributed by atoms with Crippen molar-refractivity contribution in [3.05, 3.63) is 53.7 Å². The van der Waals surface area contributed by atoms with E-state index in [0.717, 1.165) is 24.7 Å². The number of guanidine groups is 1. The normalized spacial score (nSPS) is 18.5. The van der Waals surface area contributed by atoms with Gasteiger partial charge in [-0.2, -0.15) is 0 Å². The van der Waals surface area contributed by atoms with E-state index in [0.29, 0.717) is 43.1 Å². The van der Waals surface area contributed by atoms with E-state index in [1.165, 1.54) is 25.0 Å². The van der Waals surface area contributed by atoms with E-state index >= 15 is 0 Å². The summed E-state index contributed by atoms with van der Waals surface area (Å²) in [5.74, 6) is 0.920. The number of benzene rings is 1. The Labute approximate surface area is 198 Å². The van der Waals surface area contributed by atoms with E-state index in [2.05, 4.69) is 20.6 Å². The maximum absolute atomic E-state index is 14.0. The molecule has 1 atom stereocenters. The summed E-state index contributed by atoms with van der Waals surface area (Å²) in [5, 5.41) is 6.69. The van der Waals surface area contributed by atoms with Crippen LogP contribution in [0, 0.1) is 17.6 Å². The van der Waals surface area contributed by atoms with Gasteiger partial charge in [0, 0.05) is 51.1 Å². The summed E-state index contributed by atoms with van der Waals surface area (Å²) in [7, 11) is 1.72. The SMILES string of the molecule is CN=C(NCc1ccnc(OCC2CC2)c1)NC1CCN(c2ccc(F)cc2F)C1.I. The van der Waals surface area contributed by atoms with Crippen molar-refractivity contribution in [1.82, 2.24) is 15.6 Å². The average Bonchev–Trinajstić information content (AvgIpc) is 3.47. The minimum Gasteiger partial charge on any atom is -0.477 e. The highest BCUT2D eigenvalue weighted by Crippen LogP contribution is 2.29. The second kappa shape index (κ2) is 10.9. The van der Waals surface area contributed by atoms with Crippen LogP contribution in [0.2, 0.25) is 0 Å². The van der Waals surface area contributed by atoms with Crippen molar-refractivity contribution in [2.45, 2.75) is 31.8 Å². The zero-order chi connectivity index (χ0) is 20.9. The van der Waals surface area contributed by atoms with Crippen LogP contribution >= 0.6 is 24.0 Å². The van der Waals surface area contributed by atoms with E-state index in [9.17, 15) is 8.78 Å². The first-order valence-corrected chi connectivity index (χ1v) is 10.4. The minimum absolute atomic E-state index is 0. The summed E-state index contributed by atoms with van der Waals surface area (Å²) in [5.41, 5.74) is 1.49. The van der Waals surface area contributed by atoms with Crippen LogP contribution in [-0.4, -0.2) is 43.7 Å². The van der Waals surface area contributed by atoms with Crippen LogP contribution in [0.25, 0.3) is 0 Å². The fourth-order valence-corrected chi connectivity index (χ4v) is 3.54. The molecule has 1 aliphatic heterocycles. The van der Waals surface area contributed by atoms with Crippen LogP contribution in [0.1, 0.15) is 24.8 Å². The molecule has 2 aliphatic rings. The first-order valence-electron chi connectivity index (χ1n) is 10.4. The number of pyridine rings is 1. The smallest absolute Gasteiger partial charge is 0.213 e. The molecule has 168 valence electrons. The molecule has 4 rings (SSSR count). The topological polar surface area (TPSA) is 61.8 Å². The number of halogens is 3. The van der Waals surface area contributed by atoms with Crippen LogP contribution in [0.4, 0.5) is 14.5 Å². The van der Waals surface area contributed by atoms with Crippen LogP contribution in [0.5, 0.6) is 5.88 Å². The highest BCUT2D eigenvalue weighted by Gasteiger charge is 2.25. The Bertz CT molecular complexity index is 909. The van der Waals surface area contributed by atoms with Crippen molar-refractivity contribution in [3.63, 3.8) is 0 Å². The fourth-order valence-electron chi connectivity index (χ4n) is 3.54. The van der Waals surface area contributed by atoms with E-state index in [4.69, 9.17) is 4.74 Å². The lowest BCUT2D eigenvalue weighted by Gasteiger charge is -2.21. The molecule has 2 heterocycles. The number of nitrogens with one attached hydrogen (secondary N) is 2. The molecule has 0 amide bonds. The van der Waals surface area contributed by atoms with Gasteiger partial charge in [0.1, 0.15) is 11.6 Å². The third-order valence-electron chi connectivity index (χ3n) is 5.43. The molecule has 2 aromatic rings. The average molecular weight is 543 g/mol. The van der Waals surface area contributed by atoms with Gasteiger partial charge >= 0.3 is 0 Å². The Morgan fingerprint density at radius 2 is 2.06 bits per heavy atom. The van der Waals surface area contributed by atoms with Gasteiger partial charge < -0.3 is 20.3 Å². The Morgan fingerprint density at radius 1 is 1.23 bits per heavy atom. The Morgan fingerprint density at radius 3 is 2.81 bits per heavy atom. The molecular formula is C22H28F2IN5O. The van der Waals surface area contributed by atoms with Crippen molar-refractivity contribution in [2.24, 2.45) is 10.9 Å². The van der Waals surface area contributed by atoms with Gasteiger partial charge in [0.25, 0.3) is 0 Å². The fraction of sp³-hybridized carbons (Fsp3) is 0.455. The molecular weight excluding hydrogens is 515 g/mol. The van der Waals surface area contributed by atoms with Gasteiger partial charge in [-0.15, -0.1) is 24.0 Å². The van der Waals surface area contributed by atoms with Gasteiger partial charge in [-0.05, 0) is 48.9 Å². The number of hydrogen-bond donors (Lipinski definition) is 2. The lowest BCUT2D eigenvalue weighted by atomic mass is 10.2. The van der Waals surface area contributed by atoms with Crippen LogP contribution in [-0.2, 0) is 6.54 Å². The van der Waals surface area contributed by atoms with Crippen LogP contribution in [0.15, 0.2) is 41.5 Å². The Kier molecular flexibility index (Phi) is 8.28. The summed E-state index contributed by atoms with van der Waals surface area (Å²) in [6.45, 7) is 2.64. The number of nitrogens with zero attached hydrogens (tertiary/aromatic N) is 3. The largest absolute Gasteiger partial charge is 0.477 e. The van der Waals surface area contributed by atoms with Gasteiger partial charge in [0.05, 0.1) is 12.3 Å². The van der Waals surface area contributed by atoms with Gasteiger partial charge in [-0.3, -0.25) is 4.99 Å². The summed E-state index contributed by atoms with van der Waals surface area (Å²) in [6, 6.07) is 7.71. The third kappa shape index (κ3) is 6.65. The molecule has 1 saturated heterocycles. The lowest BCUT2D eigenvalue weighted by Crippen LogP contribution is -2.44.